The van der Waals surface area contributed by atoms with E-state index in [4.69, 9.17) is 46.0 Å². The van der Waals surface area contributed by atoms with E-state index in [1.807, 2.05) is 0 Å². The summed E-state index contributed by atoms with van der Waals surface area (Å²) in [5.41, 5.74) is 0. The van der Waals surface area contributed by atoms with Crippen molar-refractivity contribution >= 4 is 131 Å². The molecule has 0 saturated carbocycles. The van der Waals surface area contributed by atoms with Crippen molar-refractivity contribution in [2.45, 2.75) is 117 Å². The fourth-order valence-electron chi connectivity index (χ4n) is 5.14. The molecule has 0 aliphatic carbocycles. The van der Waals surface area contributed by atoms with Crippen LogP contribution < -0.4 is 0 Å². The highest BCUT2D eigenvalue weighted by Crippen LogP contribution is 2.37. The summed E-state index contributed by atoms with van der Waals surface area (Å²) >= 11 is 0. The van der Waals surface area contributed by atoms with Gasteiger partial charge in [0.25, 0.3) is 0 Å². The Morgan fingerprint density at radius 2 is 0.630 bits per heavy atom. The lowest BCUT2D eigenvalue weighted by Crippen LogP contribution is -2.54. The molecule has 0 saturated heterocycles. The number of rotatable bonds is 32. The van der Waals surface area contributed by atoms with Crippen LogP contribution >= 0.6 is 8.81 Å². The standard InChI is InChI=1S/C18H65O11PSi13.3CH4/c1-30-19-11-12-20-40(13-16-41(21-31-2,22-32-3)23-33-4,14-17-42(24-34-5,25-35-6)26-36-7)15-18-43(27-37-8,28-38-9)29-39-10;;;/h30H,11-18,31-39H2,1-10H3;3*1H4. The van der Waals surface area contributed by atoms with Crippen LogP contribution in [0.4, 0.5) is 0 Å². The summed E-state index contributed by atoms with van der Waals surface area (Å²) < 4.78 is 71.6. The summed E-state index contributed by atoms with van der Waals surface area (Å²) in [4.78, 5) is 0. The fraction of sp³-hybridized carbons (Fsp3) is 1.00. The van der Waals surface area contributed by atoms with E-state index in [2.05, 4.69) is 65.6 Å². The summed E-state index contributed by atoms with van der Waals surface area (Å²) in [6, 6.07) is 5.17. The molecule has 0 spiro atoms. The summed E-state index contributed by atoms with van der Waals surface area (Å²) in [6.07, 6.45) is 0. The van der Waals surface area contributed by atoms with E-state index < -0.39 is 123 Å². The first-order valence-electron chi connectivity index (χ1n) is 16.4. The van der Waals surface area contributed by atoms with E-state index in [1.165, 1.54) is 0 Å². The predicted octanol–water partition coefficient (Wildman–Crippen LogP) is 0.250. The molecule has 0 aromatic rings. The van der Waals surface area contributed by atoms with Crippen LogP contribution in [0.15, 0.2) is 0 Å². The molecule has 0 fully saturated rings. The first kappa shape index (κ1) is 55.6. The van der Waals surface area contributed by atoms with Crippen LogP contribution in [0.1, 0.15) is 22.3 Å². The van der Waals surface area contributed by atoms with Crippen molar-refractivity contribution < 1.29 is 46.0 Å². The van der Waals surface area contributed by atoms with Gasteiger partial charge >= 0.3 is 26.4 Å². The summed E-state index contributed by atoms with van der Waals surface area (Å²) in [5, 5.41) is 0. The lowest BCUT2D eigenvalue weighted by Gasteiger charge is -2.40. The van der Waals surface area contributed by atoms with Gasteiger partial charge in [0.2, 0.25) is 0 Å². The van der Waals surface area contributed by atoms with Crippen molar-refractivity contribution in [1.29, 1.82) is 0 Å². The Balaban J connectivity index is -0.00000294. The molecule has 25 heteroatoms. The first-order valence-corrected chi connectivity index (χ1v) is 44.1. The molecule has 11 nitrogen and oxygen atoms in total. The Labute approximate surface area is 312 Å². The summed E-state index contributed by atoms with van der Waals surface area (Å²) in [6.45, 7) is 22.9. The third-order valence-electron chi connectivity index (χ3n) is 6.68. The molecular weight excluding hydrogens is 824 g/mol. The lowest BCUT2D eigenvalue weighted by atomic mass is 10.8. The third kappa shape index (κ3) is 22.0. The lowest BCUT2D eigenvalue weighted by molar-refractivity contribution is 0.220. The van der Waals surface area contributed by atoms with Gasteiger partial charge in [-0.25, -0.2) is 0 Å². The molecule has 1 unspecified atom stereocenters. The molecule has 0 radical (unpaired) electrons. The Bertz CT molecular complexity index is 550. The van der Waals surface area contributed by atoms with Gasteiger partial charge in [-0.05, 0) is 24.8 Å². The number of hydrogen-bond acceptors (Lipinski definition) is 11. The second kappa shape index (κ2) is 33.6. The van der Waals surface area contributed by atoms with Gasteiger partial charge in [-0.1, -0.05) is 81.2 Å². The number of hydrogen-bond donors (Lipinski definition) is 0. The molecule has 0 rings (SSSR count). The monoisotopic (exact) mass is 900 g/mol. The van der Waals surface area contributed by atoms with Crippen molar-refractivity contribution in [3.05, 3.63) is 0 Å². The largest absolute Gasteiger partial charge is 0.468 e. The molecular formula is C21H77O11PSi13. The van der Waals surface area contributed by atoms with Gasteiger partial charge in [0.05, 0.1) is 13.2 Å². The van der Waals surface area contributed by atoms with E-state index in [0.717, 1.165) is 36.3 Å². The molecule has 0 bridgehead atoms. The van der Waals surface area contributed by atoms with Crippen LogP contribution in [0.3, 0.4) is 0 Å². The average molecular weight is 902 g/mol. The van der Waals surface area contributed by atoms with Gasteiger partial charge in [-0.15, -0.1) is 0 Å². The van der Waals surface area contributed by atoms with Crippen molar-refractivity contribution in [1.82, 2.24) is 0 Å². The maximum absolute atomic E-state index is 7.11. The van der Waals surface area contributed by atoms with Crippen LogP contribution in [0.5, 0.6) is 0 Å². The molecule has 284 valence electrons. The van der Waals surface area contributed by atoms with Crippen molar-refractivity contribution in [2.24, 2.45) is 0 Å². The van der Waals surface area contributed by atoms with Gasteiger partial charge in [0.15, 0.2) is 8.32 Å². The zero-order chi connectivity index (χ0) is 32.5. The zero-order valence-corrected chi connectivity index (χ0v) is 46.7. The molecule has 0 amide bonds. The minimum absolute atomic E-state index is 0. The maximum Gasteiger partial charge on any atom is 0.468 e. The highest BCUT2D eigenvalue weighted by molar-refractivity contribution is 7.31. The molecule has 46 heavy (non-hydrogen) atoms. The topological polar surface area (TPSA) is 102 Å². The van der Waals surface area contributed by atoms with E-state index in [9.17, 15) is 0 Å². The Kier molecular flexibility index (Phi) is 40.6. The Morgan fingerprint density at radius 3 is 0.826 bits per heavy atom. The predicted molar refractivity (Wildman–Crippen MR) is 238 cm³/mol. The molecule has 0 N–H and O–H groups in total. The molecule has 0 aromatic heterocycles. The molecule has 0 aliphatic heterocycles. The van der Waals surface area contributed by atoms with Crippen LogP contribution in [0.2, 0.25) is 95.2 Å². The highest BCUT2D eigenvalue weighted by atomic mass is 31.1. The van der Waals surface area contributed by atoms with E-state index in [0.29, 0.717) is 22.0 Å². The minimum Gasteiger partial charge on any atom is -0.423 e. The third-order valence-corrected chi connectivity index (χ3v) is 41.8. The SMILES string of the molecule is C.C.C.C[SiH2]O[Si](CC[Si](CC[Si](O[SiH2]C)(O[SiH2]C)O[SiH2]C)(CC[Si](O[SiH2]C)(O[SiH2]C)O[SiH2]C)OCCOPC)(O[SiH2]C)O[SiH2]C. The molecule has 0 aromatic carbocycles. The molecule has 0 heterocycles. The second-order valence-electron chi connectivity index (χ2n) is 9.53. The van der Waals surface area contributed by atoms with Crippen LogP contribution in [-0.4, -0.2) is 142 Å². The van der Waals surface area contributed by atoms with Crippen molar-refractivity contribution in [3.63, 3.8) is 0 Å². The second-order valence-corrected chi connectivity index (χ2v) is 35.6. The molecule has 1 atom stereocenters. The van der Waals surface area contributed by atoms with E-state index in [1.54, 1.807) is 0 Å². The summed E-state index contributed by atoms with van der Waals surface area (Å²) in [7, 11) is -16.4. The Morgan fingerprint density at radius 1 is 0.391 bits per heavy atom. The van der Waals surface area contributed by atoms with Gasteiger partial charge in [0, 0.05) is 26.9 Å². The maximum atomic E-state index is 7.11. The summed E-state index contributed by atoms with van der Waals surface area (Å²) in [5.74, 6) is 0. The zero-order valence-electron chi connectivity index (χ0n) is 29.0. The smallest absolute Gasteiger partial charge is 0.423 e. The van der Waals surface area contributed by atoms with Crippen LogP contribution in [0.25, 0.3) is 0 Å². The quantitative estimate of drug-likeness (QED) is 0.0529. The normalized spacial score (nSPS) is 19.2. The fourth-order valence-corrected chi connectivity index (χ4v) is 47.0. The van der Waals surface area contributed by atoms with Gasteiger partial charge < -0.3 is 46.0 Å². The van der Waals surface area contributed by atoms with E-state index in [-0.39, 0.29) is 22.3 Å². The van der Waals surface area contributed by atoms with Crippen molar-refractivity contribution in [3.8, 4) is 0 Å². The van der Waals surface area contributed by atoms with Gasteiger partial charge in [0.1, 0.15) is 87.9 Å². The van der Waals surface area contributed by atoms with E-state index >= 15 is 0 Å². The minimum atomic E-state index is -2.71. The van der Waals surface area contributed by atoms with Gasteiger partial charge in [-0.2, -0.15) is 0 Å². The van der Waals surface area contributed by atoms with Crippen molar-refractivity contribution in [2.75, 3.05) is 19.9 Å². The average Bonchev–Trinajstić information content (AvgIpc) is 2.97. The first-order chi connectivity index (χ1) is 20.7. The molecule has 0 aliphatic rings. The Hall–Kier alpha value is 2.81. The highest BCUT2D eigenvalue weighted by Gasteiger charge is 2.50. The van der Waals surface area contributed by atoms with Crippen LogP contribution in [0, 0.1) is 0 Å². The van der Waals surface area contributed by atoms with Gasteiger partial charge in [-0.3, -0.25) is 0 Å². The van der Waals surface area contributed by atoms with Crippen LogP contribution in [-0.2, 0) is 46.0 Å².